The summed E-state index contributed by atoms with van der Waals surface area (Å²) in [5, 5.41) is 8.47. The zero-order valence-corrected chi connectivity index (χ0v) is 29.6. The van der Waals surface area contributed by atoms with Crippen molar-refractivity contribution in [1.29, 1.82) is 0 Å². The third-order valence-electron chi connectivity index (χ3n) is 8.20. The van der Waals surface area contributed by atoms with Crippen LogP contribution in [-0.4, -0.2) is 24.1 Å². The highest BCUT2D eigenvalue weighted by Gasteiger charge is 2.02. The van der Waals surface area contributed by atoms with Gasteiger partial charge in [0.2, 0.25) is 0 Å². The molecular formula is C42H51N5O. The van der Waals surface area contributed by atoms with Gasteiger partial charge in [0.25, 0.3) is 5.56 Å². The summed E-state index contributed by atoms with van der Waals surface area (Å²) >= 11 is 0. The Labute approximate surface area is 286 Å². The zero-order valence-electron chi connectivity index (χ0n) is 29.6. The van der Waals surface area contributed by atoms with Gasteiger partial charge in [0.1, 0.15) is 0 Å². The lowest BCUT2D eigenvalue weighted by Crippen LogP contribution is -2.18. The lowest BCUT2D eigenvalue weighted by molar-refractivity contribution is 0.686. The van der Waals surface area contributed by atoms with E-state index in [0.29, 0.717) is 24.3 Å². The smallest absolute Gasteiger partial charge is 0.250 e. The van der Waals surface area contributed by atoms with Gasteiger partial charge in [-0.15, -0.1) is 0 Å². The third-order valence-corrected chi connectivity index (χ3v) is 8.20. The first-order valence-corrected chi connectivity index (χ1v) is 17.0. The highest BCUT2D eigenvalue weighted by molar-refractivity contribution is 5.26. The van der Waals surface area contributed by atoms with E-state index < -0.39 is 0 Å². The Morgan fingerprint density at radius 1 is 0.542 bits per heavy atom. The largest absolute Gasteiger partial charge is 0.311 e. The molecule has 0 N–H and O–H groups in total. The van der Waals surface area contributed by atoms with Gasteiger partial charge in [0.15, 0.2) is 0 Å². The van der Waals surface area contributed by atoms with Crippen LogP contribution in [0, 0.1) is 6.92 Å². The van der Waals surface area contributed by atoms with Gasteiger partial charge in [-0.1, -0.05) is 120 Å². The van der Waals surface area contributed by atoms with Crippen LogP contribution in [0.1, 0.15) is 98.2 Å². The predicted octanol–water partition coefficient (Wildman–Crippen LogP) is 9.44. The Hall–Kier alpha value is -4.97. The van der Waals surface area contributed by atoms with Crippen LogP contribution >= 0.6 is 0 Å². The van der Waals surface area contributed by atoms with Crippen molar-refractivity contribution < 1.29 is 0 Å². The summed E-state index contributed by atoms with van der Waals surface area (Å²) in [5.41, 5.74) is 9.10. The first kappa shape index (κ1) is 35.9. The molecule has 0 unspecified atom stereocenters. The fourth-order valence-electron chi connectivity index (χ4n) is 5.13. The molecule has 0 saturated carbocycles. The van der Waals surface area contributed by atoms with Crippen LogP contribution in [0.25, 0.3) is 0 Å². The number of hydrogen-bond acceptors (Lipinski definition) is 3. The van der Waals surface area contributed by atoms with Crippen LogP contribution in [0.2, 0.25) is 0 Å². The van der Waals surface area contributed by atoms with E-state index in [0.717, 1.165) is 18.7 Å². The van der Waals surface area contributed by atoms with E-state index in [1.165, 1.54) is 33.4 Å². The van der Waals surface area contributed by atoms with Crippen molar-refractivity contribution in [2.24, 2.45) is 0 Å². The summed E-state index contributed by atoms with van der Waals surface area (Å²) in [5.74, 6) is 1.74. The topological polar surface area (TPSA) is 57.6 Å². The van der Waals surface area contributed by atoms with E-state index in [4.69, 9.17) is 0 Å². The number of benzene rings is 3. The first-order chi connectivity index (χ1) is 23.1. The minimum atomic E-state index is 0.0421. The molecule has 6 rings (SSSR count). The van der Waals surface area contributed by atoms with Crippen LogP contribution in [0.3, 0.4) is 0 Å². The van der Waals surface area contributed by atoms with Crippen molar-refractivity contribution in [3.8, 4) is 0 Å². The standard InChI is InChI=1S/C15H17NO.C14H18N2.C13H16N2/c1-12(2)14-8-6-13(7-9-14)11-16-10-4-3-5-15(16)17;1-11(2)14-6-4-13(5-7-14)10-16-9-12(3)8-15-16;1-11(2)13-6-4-12(5-7-13)10-15-9-3-8-14-15/h3-10,12H,11H2,1-2H3;4-9,11H,10H2,1-3H3;3-9,11H,10H2,1-2H3. The molecular weight excluding hydrogens is 590 g/mol. The highest BCUT2D eigenvalue weighted by atomic mass is 16.1. The fourth-order valence-corrected chi connectivity index (χ4v) is 5.13. The fraction of sp³-hybridized carbons (Fsp3) is 0.310. The molecule has 0 aliphatic heterocycles. The van der Waals surface area contributed by atoms with Gasteiger partial charge in [0.05, 0.1) is 25.8 Å². The summed E-state index contributed by atoms with van der Waals surface area (Å²) in [6.45, 7) is 17.6. The van der Waals surface area contributed by atoms with E-state index in [1.807, 2.05) is 46.3 Å². The Kier molecular flexibility index (Phi) is 13.3. The lowest BCUT2D eigenvalue weighted by atomic mass is 10.0. The minimum Gasteiger partial charge on any atom is -0.311 e. The van der Waals surface area contributed by atoms with Crippen LogP contribution in [0.5, 0.6) is 0 Å². The van der Waals surface area contributed by atoms with E-state index in [-0.39, 0.29) is 5.56 Å². The molecule has 0 fully saturated rings. The molecule has 3 heterocycles. The van der Waals surface area contributed by atoms with Gasteiger partial charge in [-0.3, -0.25) is 14.2 Å². The average Bonchev–Trinajstić information content (AvgIpc) is 3.75. The van der Waals surface area contributed by atoms with Crippen molar-refractivity contribution in [2.75, 3.05) is 0 Å². The third kappa shape index (κ3) is 11.4. The van der Waals surface area contributed by atoms with Crippen LogP contribution < -0.4 is 5.56 Å². The van der Waals surface area contributed by atoms with E-state index in [9.17, 15) is 4.79 Å². The maximum Gasteiger partial charge on any atom is 0.250 e. The maximum absolute atomic E-state index is 11.6. The van der Waals surface area contributed by atoms with Crippen molar-refractivity contribution in [3.63, 3.8) is 0 Å². The van der Waals surface area contributed by atoms with E-state index >= 15 is 0 Å². The molecule has 6 heteroatoms. The molecule has 3 aromatic carbocycles. The van der Waals surface area contributed by atoms with Gasteiger partial charge in [-0.05, 0) is 75.8 Å². The van der Waals surface area contributed by atoms with Crippen LogP contribution in [0.15, 0.2) is 133 Å². The zero-order chi connectivity index (χ0) is 34.5. The summed E-state index contributed by atoms with van der Waals surface area (Å²) in [7, 11) is 0. The average molecular weight is 642 g/mol. The number of pyridine rings is 1. The molecule has 0 radical (unpaired) electrons. The number of aryl methyl sites for hydroxylation is 1. The van der Waals surface area contributed by atoms with Crippen molar-refractivity contribution >= 4 is 0 Å². The molecule has 0 bridgehead atoms. The van der Waals surface area contributed by atoms with Crippen molar-refractivity contribution in [3.05, 3.63) is 177 Å². The number of aromatic nitrogens is 5. The highest BCUT2D eigenvalue weighted by Crippen LogP contribution is 2.17. The SMILES string of the molecule is CC(C)c1ccc(Cn2ccccc2=O)cc1.CC(C)c1ccc(Cn2cccn2)cc1.Cc1cnn(Cc2ccc(C(C)C)cc2)c1. The molecule has 0 aliphatic rings. The summed E-state index contributed by atoms with van der Waals surface area (Å²) in [4.78, 5) is 11.6. The second-order valence-electron chi connectivity index (χ2n) is 13.3. The minimum absolute atomic E-state index is 0.0421. The molecule has 0 amide bonds. The van der Waals surface area contributed by atoms with Gasteiger partial charge in [0, 0.05) is 30.9 Å². The molecule has 250 valence electrons. The van der Waals surface area contributed by atoms with Gasteiger partial charge < -0.3 is 4.57 Å². The Balaban J connectivity index is 0.000000163. The molecule has 6 nitrogen and oxygen atoms in total. The Morgan fingerprint density at radius 3 is 1.42 bits per heavy atom. The predicted molar refractivity (Wildman–Crippen MR) is 199 cm³/mol. The number of hydrogen-bond donors (Lipinski definition) is 0. The second kappa shape index (κ2) is 17.8. The van der Waals surface area contributed by atoms with E-state index in [1.54, 1.807) is 16.7 Å². The Morgan fingerprint density at radius 2 is 1.02 bits per heavy atom. The quantitative estimate of drug-likeness (QED) is 0.158. The van der Waals surface area contributed by atoms with Gasteiger partial charge >= 0.3 is 0 Å². The molecule has 0 spiro atoms. The summed E-state index contributed by atoms with van der Waals surface area (Å²) in [6, 6.07) is 33.2. The van der Waals surface area contributed by atoms with Crippen molar-refractivity contribution in [1.82, 2.24) is 24.1 Å². The normalized spacial score (nSPS) is 10.9. The van der Waals surface area contributed by atoms with Gasteiger partial charge in [-0.2, -0.15) is 10.2 Å². The van der Waals surface area contributed by atoms with Crippen LogP contribution in [-0.2, 0) is 19.6 Å². The molecule has 3 aromatic heterocycles. The molecule has 0 atom stereocenters. The number of rotatable bonds is 9. The number of nitrogens with zero attached hydrogens (tertiary/aromatic N) is 5. The second-order valence-corrected chi connectivity index (χ2v) is 13.3. The molecule has 48 heavy (non-hydrogen) atoms. The van der Waals surface area contributed by atoms with Crippen molar-refractivity contribution in [2.45, 2.75) is 85.9 Å². The van der Waals surface area contributed by atoms with Gasteiger partial charge in [-0.25, -0.2) is 0 Å². The summed E-state index contributed by atoms with van der Waals surface area (Å²) in [6.07, 6.45) is 9.57. The molecule has 0 aliphatic carbocycles. The van der Waals surface area contributed by atoms with Crippen LogP contribution in [0.4, 0.5) is 0 Å². The Bertz CT molecular complexity index is 1830. The monoisotopic (exact) mass is 641 g/mol. The molecule has 6 aromatic rings. The lowest BCUT2D eigenvalue weighted by Gasteiger charge is -2.08. The van der Waals surface area contributed by atoms with E-state index in [2.05, 4.69) is 138 Å². The summed E-state index contributed by atoms with van der Waals surface area (Å²) < 4.78 is 5.62. The molecule has 0 saturated heterocycles. The maximum atomic E-state index is 11.6. The first-order valence-electron chi connectivity index (χ1n) is 17.0.